The predicted molar refractivity (Wildman–Crippen MR) is 79.3 cm³/mol. The molecule has 0 saturated carbocycles. The molecule has 0 aromatic heterocycles. The lowest BCUT2D eigenvalue weighted by molar-refractivity contribution is 0.171. The van der Waals surface area contributed by atoms with Crippen molar-refractivity contribution in [2.45, 2.75) is 12.8 Å². The maximum atomic E-state index is 5.59. The second-order valence-electron chi connectivity index (χ2n) is 4.85. The molecule has 2 aliphatic heterocycles. The van der Waals surface area contributed by atoms with Crippen LogP contribution in [0.25, 0.3) is 6.08 Å². The SMILES string of the molecule is C(=CC1CCNCC1)c1ccc2c(c1)OCCO2.Cl. The number of hydrogen-bond donors (Lipinski definition) is 1. The number of hydrogen-bond acceptors (Lipinski definition) is 3. The molecule has 0 unspecified atom stereocenters. The third kappa shape index (κ3) is 3.64. The van der Waals surface area contributed by atoms with E-state index in [9.17, 15) is 0 Å². The third-order valence-corrected chi connectivity index (χ3v) is 3.51. The quantitative estimate of drug-likeness (QED) is 0.904. The molecular formula is C15H20ClNO2. The van der Waals surface area contributed by atoms with Gasteiger partial charge in [-0.1, -0.05) is 18.2 Å². The molecule has 3 rings (SSSR count). The van der Waals surface area contributed by atoms with Gasteiger partial charge in [0.05, 0.1) is 0 Å². The van der Waals surface area contributed by atoms with Gasteiger partial charge < -0.3 is 14.8 Å². The van der Waals surface area contributed by atoms with Crippen molar-refractivity contribution < 1.29 is 9.47 Å². The number of nitrogens with one attached hydrogen (secondary N) is 1. The van der Waals surface area contributed by atoms with Gasteiger partial charge in [0.1, 0.15) is 13.2 Å². The van der Waals surface area contributed by atoms with E-state index in [2.05, 4.69) is 29.6 Å². The van der Waals surface area contributed by atoms with Crippen LogP contribution in [0.2, 0.25) is 0 Å². The molecule has 104 valence electrons. The van der Waals surface area contributed by atoms with Crippen LogP contribution in [-0.2, 0) is 0 Å². The van der Waals surface area contributed by atoms with Gasteiger partial charge in [0.25, 0.3) is 0 Å². The molecule has 0 bridgehead atoms. The Bertz CT molecular complexity index is 442. The number of halogens is 1. The molecule has 0 spiro atoms. The third-order valence-electron chi connectivity index (χ3n) is 3.51. The van der Waals surface area contributed by atoms with E-state index in [1.807, 2.05) is 6.07 Å². The summed E-state index contributed by atoms with van der Waals surface area (Å²) >= 11 is 0. The lowest BCUT2D eigenvalue weighted by Gasteiger charge is -2.20. The summed E-state index contributed by atoms with van der Waals surface area (Å²) in [7, 11) is 0. The minimum absolute atomic E-state index is 0. The Morgan fingerprint density at radius 1 is 1.05 bits per heavy atom. The largest absolute Gasteiger partial charge is 0.486 e. The highest BCUT2D eigenvalue weighted by Crippen LogP contribution is 2.31. The highest BCUT2D eigenvalue weighted by Gasteiger charge is 2.12. The molecule has 0 radical (unpaired) electrons. The lowest BCUT2D eigenvalue weighted by atomic mass is 9.97. The average Bonchev–Trinajstić information content (AvgIpc) is 2.46. The van der Waals surface area contributed by atoms with Crippen molar-refractivity contribution >= 4 is 18.5 Å². The van der Waals surface area contributed by atoms with Crippen LogP contribution in [0.1, 0.15) is 18.4 Å². The molecule has 0 aliphatic carbocycles. The standard InChI is InChI=1S/C15H19NO2.ClH/c1(12-5-7-16-8-6-12)2-13-3-4-14-15(11-13)18-10-9-17-14;/h1-4,11-12,16H,5-10H2;1H. The molecule has 1 aromatic rings. The summed E-state index contributed by atoms with van der Waals surface area (Å²) in [6, 6.07) is 6.15. The molecule has 2 aliphatic rings. The number of allylic oxidation sites excluding steroid dienone is 1. The van der Waals surface area contributed by atoms with Crippen LogP contribution in [0.3, 0.4) is 0 Å². The molecule has 4 heteroatoms. The van der Waals surface area contributed by atoms with E-state index in [-0.39, 0.29) is 12.4 Å². The second-order valence-corrected chi connectivity index (χ2v) is 4.85. The Morgan fingerprint density at radius 3 is 2.58 bits per heavy atom. The fourth-order valence-electron chi connectivity index (χ4n) is 2.45. The zero-order valence-corrected chi connectivity index (χ0v) is 11.7. The Balaban J connectivity index is 0.00000133. The van der Waals surface area contributed by atoms with Crippen molar-refractivity contribution in [2.24, 2.45) is 5.92 Å². The number of ether oxygens (including phenoxy) is 2. The van der Waals surface area contributed by atoms with Crippen LogP contribution in [-0.4, -0.2) is 26.3 Å². The van der Waals surface area contributed by atoms with Gasteiger partial charge in [-0.25, -0.2) is 0 Å². The minimum Gasteiger partial charge on any atom is -0.486 e. The first-order chi connectivity index (χ1) is 8.92. The highest BCUT2D eigenvalue weighted by molar-refractivity contribution is 5.85. The van der Waals surface area contributed by atoms with Crippen molar-refractivity contribution in [1.82, 2.24) is 5.32 Å². The van der Waals surface area contributed by atoms with Gasteiger partial charge >= 0.3 is 0 Å². The van der Waals surface area contributed by atoms with Gasteiger partial charge in [-0.3, -0.25) is 0 Å². The first-order valence-electron chi connectivity index (χ1n) is 6.70. The van der Waals surface area contributed by atoms with Gasteiger partial charge in [-0.15, -0.1) is 12.4 Å². The molecule has 1 aromatic carbocycles. The summed E-state index contributed by atoms with van der Waals surface area (Å²) in [6.45, 7) is 3.57. The predicted octanol–water partition coefficient (Wildman–Crippen LogP) is 2.89. The maximum Gasteiger partial charge on any atom is 0.161 e. The fraction of sp³-hybridized carbons (Fsp3) is 0.467. The Labute approximate surface area is 120 Å². The van der Waals surface area contributed by atoms with Gasteiger partial charge in [0.2, 0.25) is 0 Å². The van der Waals surface area contributed by atoms with Gasteiger partial charge in [-0.05, 0) is 49.5 Å². The van der Waals surface area contributed by atoms with Crippen LogP contribution in [0.5, 0.6) is 11.5 Å². The number of piperidine rings is 1. The maximum absolute atomic E-state index is 5.59. The van der Waals surface area contributed by atoms with Gasteiger partial charge in [0, 0.05) is 0 Å². The van der Waals surface area contributed by atoms with E-state index in [0.717, 1.165) is 24.6 Å². The zero-order valence-electron chi connectivity index (χ0n) is 10.9. The van der Waals surface area contributed by atoms with Gasteiger partial charge in [-0.2, -0.15) is 0 Å². The van der Waals surface area contributed by atoms with Crippen molar-refractivity contribution in [3.05, 3.63) is 29.8 Å². The van der Waals surface area contributed by atoms with Crippen molar-refractivity contribution in [3.8, 4) is 11.5 Å². The molecule has 2 heterocycles. The Morgan fingerprint density at radius 2 is 1.79 bits per heavy atom. The Hall–Kier alpha value is -1.19. The first kappa shape index (κ1) is 14.2. The van der Waals surface area contributed by atoms with E-state index < -0.39 is 0 Å². The molecule has 0 atom stereocenters. The fourth-order valence-corrected chi connectivity index (χ4v) is 2.45. The number of benzene rings is 1. The van der Waals surface area contributed by atoms with E-state index in [1.54, 1.807) is 0 Å². The van der Waals surface area contributed by atoms with Crippen molar-refractivity contribution in [1.29, 1.82) is 0 Å². The topological polar surface area (TPSA) is 30.5 Å². The lowest BCUT2D eigenvalue weighted by Crippen LogP contribution is -2.26. The first-order valence-corrected chi connectivity index (χ1v) is 6.70. The van der Waals surface area contributed by atoms with Crippen LogP contribution >= 0.6 is 12.4 Å². The normalized spacial score (nSPS) is 19.2. The summed E-state index contributed by atoms with van der Waals surface area (Å²) in [5.41, 5.74) is 1.19. The van der Waals surface area contributed by atoms with E-state index in [4.69, 9.17) is 9.47 Å². The molecule has 1 fully saturated rings. The second kappa shape index (κ2) is 6.83. The summed E-state index contributed by atoms with van der Waals surface area (Å²) in [4.78, 5) is 0. The molecule has 3 nitrogen and oxygen atoms in total. The van der Waals surface area contributed by atoms with Crippen molar-refractivity contribution in [3.63, 3.8) is 0 Å². The Kier molecular flexibility index (Phi) is 5.11. The highest BCUT2D eigenvalue weighted by atomic mass is 35.5. The van der Waals surface area contributed by atoms with Crippen molar-refractivity contribution in [2.75, 3.05) is 26.3 Å². The molecule has 1 saturated heterocycles. The minimum atomic E-state index is 0. The van der Waals surface area contributed by atoms with E-state index in [0.29, 0.717) is 19.1 Å². The van der Waals surface area contributed by atoms with E-state index in [1.165, 1.54) is 18.4 Å². The summed E-state index contributed by atoms with van der Waals surface area (Å²) in [5.74, 6) is 2.44. The average molecular weight is 282 g/mol. The van der Waals surface area contributed by atoms with Gasteiger partial charge in [0.15, 0.2) is 11.5 Å². The smallest absolute Gasteiger partial charge is 0.161 e. The van der Waals surface area contributed by atoms with Crippen LogP contribution in [0, 0.1) is 5.92 Å². The summed E-state index contributed by atoms with van der Waals surface area (Å²) in [5, 5.41) is 3.38. The summed E-state index contributed by atoms with van der Waals surface area (Å²) < 4.78 is 11.1. The van der Waals surface area contributed by atoms with Crippen LogP contribution < -0.4 is 14.8 Å². The number of fused-ring (bicyclic) bond motifs is 1. The molecule has 1 N–H and O–H groups in total. The summed E-state index contributed by atoms with van der Waals surface area (Å²) in [6.07, 6.45) is 7.00. The van der Waals surface area contributed by atoms with Crippen LogP contribution in [0.4, 0.5) is 0 Å². The molecule has 0 amide bonds. The monoisotopic (exact) mass is 281 g/mol. The van der Waals surface area contributed by atoms with Crippen LogP contribution in [0.15, 0.2) is 24.3 Å². The molecular weight excluding hydrogens is 262 g/mol. The zero-order chi connectivity index (χ0) is 12.2. The molecule has 19 heavy (non-hydrogen) atoms. The number of rotatable bonds is 2. The van der Waals surface area contributed by atoms with E-state index >= 15 is 0 Å².